The van der Waals surface area contributed by atoms with Gasteiger partial charge in [-0.05, 0) is 18.6 Å². The lowest BCUT2D eigenvalue weighted by Crippen LogP contribution is -2.40. The molecule has 0 saturated carbocycles. The van der Waals surface area contributed by atoms with E-state index in [9.17, 15) is 19.6 Å². The molecule has 3 rings (SSSR count). The maximum Gasteiger partial charge on any atom is 0.322 e. The predicted octanol–water partition coefficient (Wildman–Crippen LogP) is -0.410. The van der Waals surface area contributed by atoms with Crippen LogP contribution in [0.5, 0.6) is 0 Å². The third kappa shape index (κ3) is 3.68. The highest BCUT2D eigenvalue weighted by molar-refractivity contribution is 6.05. The summed E-state index contributed by atoms with van der Waals surface area (Å²) >= 11 is 0. The van der Waals surface area contributed by atoms with Gasteiger partial charge in [0.05, 0.1) is 12.0 Å². The summed E-state index contributed by atoms with van der Waals surface area (Å²) in [6.45, 7) is 2.28. The summed E-state index contributed by atoms with van der Waals surface area (Å²) in [5, 5.41) is 13.8. The van der Waals surface area contributed by atoms with Crippen molar-refractivity contribution in [1.82, 2.24) is 20.5 Å². The van der Waals surface area contributed by atoms with Crippen molar-refractivity contribution < 1.29 is 14.4 Å². The van der Waals surface area contributed by atoms with Gasteiger partial charge in [0, 0.05) is 32.4 Å². The van der Waals surface area contributed by atoms with E-state index < -0.39 is 18.0 Å². The second-order valence-electron chi connectivity index (χ2n) is 5.93. The molecule has 1 aromatic rings. The van der Waals surface area contributed by atoms with Crippen LogP contribution in [0.25, 0.3) is 0 Å². The number of aromatic nitrogens is 1. The lowest BCUT2D eigenvalue weighted by Gasteiger charge is -2.24. The van der Waals surface area contributed by atoms with E-state index in [2.05, 4.69) is 21.7 Å². The Kier molecular flexibility index (Phi) is 4.79. The smallest absolute Gasteiger partial charge is 0.322 e. The molecule has 2 saturated heterocycles. The molecule has 0 spiro atoms. The number of carbonyl (C=O) groups excluding carboxylic acids is 3. The molecule has 9 heteroatoms. The Hall–Kier alpha value is -3.15. The zero-order valence-electron chi connectivity index (χ0n) is 13.6. The number of nitriles is 1. The standard InChI is InChI=1S/C16H18N6O3/c17-10-11-3-1-4-18-14(11)22-6-2-5-21(7-8-22)13(23)9-12-15(24)20-16(25)19-12/h1,3-4,12H,2,5-9H2,(H2,19,20,24,25). The summed E-state index contributed by atoms with van der Waals surface area (Å²) < 4.78 is 0. The molecule has 9 nitrogen and oxygen atoms in total. The van der Waals surface area contributed by atoms with Crippen LogP contribution in [-0.4, -0.2) is 60.0 Å². The van der Waals surface area contributed by atoms with Crippen molar-refractivity contribution in [2.24, 2.45) is 0 Å². The van der Waals surface area contributed by atoms with Crippen molar-refractivity contribution in [2.45, 2.75) is 18.9 Å². The number of nitrogens with zero attached hydrogens (tertiary/aromatic N) is 4. The first kappa shape index (κ1) is 16.7. The number of anilines is 1. The van der Waals surface area contributed by atoms with E-state index >= 15 is 0 Å². The summed E-state index contributed by atoms with van der Waals surface area (Å²) in [6.07, 6.45) is 2.33. The predicted molar refractivity (Wildman–Crippen MR) is 87.4 cm³/mol. The molecule has 2 N–H and O–H groups in total. The van der Waals surface area contributed by atoms with Crippen LogP contribution in [0, 0.1) is 11.3 Å². The quantitative estimate of drug-likeness (QED) is 0.721. The second kappa shape index (κ2) is 7.17. The lowest BCUT2D eigenvalue weighted by molar-refractivity contribution is -0.133. The molecule has 1 unspecified atom stereocenters. The fraction of sp³-hybridized carbons (Fsp3) is 0.438. The van der Waals surface area contributed by atoms with Crippen molar-refractivity contribution in [3.63, 3.8) is 0 Å². The monoisotopic (exact) mass is 342 g/mol. The minimum atomic E-state index is -0.805. The van der Waals surface area contributed by atoms with Gasteiger partial charge < -0.3 is 15.1 Å². The van der Waals surface area contributed by atoms with Crippen LogP contribution in [0.15, 0.2) is 18.3 Å². The van der Waals surface area contributed by atoms with E-state index in [1.54, 1.807) is 23.2 Å². The first-order chi connectivity index (χ1) is 12.1. The summed E-state index contributed by atoms with van der Waals surface area (Å²) in [7, 11) is 0. The number of nitrogens with one attached hydrogen (secondary N) is 2. The molecule has 2 fully saturated rings. The molecule has 1 atom stereocenters. The summed E-state index contributed by atoms with van der Waals surface area (Å²) in [5.74, 6) is -0.0191. The Morgan fingerprint density at radius 2 is 2.16 bits per heavy atom. The minimum Gasteiger partial charge on any atom is -0.354 e. The van der Waals surface area contributed by atoms with E-state index in [0.717, 1.165) is 6.42 Å². The number of carbonyl (C=O) groups is 3. The van der Waals surface area contributed by atoms with E-state index in [1.807, 2.05) is 4.90 Å². The number of pyridine rings is 1. The molecule has 1 aromatic heterocycles. The van der Waals surface area contributed by atoms with Crippen molar-refractivity contribution in [3.05, 3.63) is 23.9 Å². The average molecular weight is 342 g/mol. The highest BCUT2D eigenvalue weighted by Gasteiger charge is 2.33. The maximum absolute atomic E-state index is 12.4. The Bertz CT molecular complexity index is 744. The first-order valence-corrected chi connectivity index (χ1v) is 8.07. The Labute approximate surface area is 144 Å². The van der Waals surface area contributed by atoms with Gasteiger partial charge in [0.25, 0.3) is 5.91 Å². The van der Waals surface area contributed by atoms with Crippen LogP contribution in [0.2, 0.25) is 0 Å². The van der Waals surface area contributed by atoms with Crippen LogP contribution >= 0.6 is 0 Å². The molecule has 130 valence electrons. The maximum atomic E-state index is 12.4. The number of urea groups is 1. The van der Waals surface area contributed by atoms with Crippen LogP contribution in [0.4, 0.5) is 10.6 Å². The van der Waals surface area contributed by atoms with E-state index in [1.165, 1.54) is 0 Å². The van der Waals surface area contributed by atoms with Crippen LogP contribution in [0.1, 0.15) is 18.4 Å². The van der Waals surface area contributed by atoms with Gasteiger partial charge in [-0.3, -0.25) is 14.9 Å². The van der Waals surface area contributed by atoms with Gasteiger partial charge in [0.1, 0.15) is 17.9 Å². The zero-order valence-corrected chi connectivity index (χ0v) is 13.6. The molecule has 3 heterocycles. The Morgan fingerprint density at radius 1 is 1.32 bits per heavy atom. The number of amides is 4. The SMILES string of the molecule is N#Cc1cccnc1N1CCCN(C(=O)CC2NC(=O)NC2=O)CC1. The van der Waals surface area contributed by atoms with Gasteiger partial charge in [-0.15, -0.1) is 0 Å². The Balaban J connectivity index is 1.62. The molecule has 0 aliphatic carbocycles. The number of hydrogen-bond donors (Lipinski definition) is 2. The van der Waals surface area contributed by atoms with Crippen LogP contribution < -0.4 is 15.5 Å². The summed E-state index contributed by atoms with van der Waals surface area (Å²) in [4.78, 5) is 43.1. The van der Waals surface area contributed by atoms with Gasteiger partial charge in [-0.2, -0.15) is 5.26 Å². The topological polar surface area (TPSA) is 118 Å². The van der Waals surface area contributed by atoms with Crippen molar-refractivity contribution in [2.75, 3.05) is 31.1 Å². The molecular weight excluding hydrogens is 324 g/mol. The van der Waals surface area contributed by atoms with Crippen molar-refractivity contribution in [1.29, 1.82) is 5.26 Å². The lowest BCUT2D eigenvalue weighted by atomic mass is 10.2. The largest absolute Gasteiger partial charge is 0.354 e. The molecule has 0 radical (unpaired) electrons. The minimum absolute atomic E-state index is 0.0510. The number of hydrogen-bond acceptors (Lipinski definition) is 6. The van der Waals surface area contributed by atoms with E-state index in [0.29, 0.717) is 37.6 Å². The third-order valence-electron chi connectivity index (χ3n) is 4.29. The molecule has 0 aromatic carbocycles. The van der Waals surface area contributed by atoms with Crippen molar-refractivity contribution in [3.8, 4) is 6.07 Å². The van der Waals surface area contributed by atoms with Gasteiger partial charge in [0.15, 0.2) is 0 Å². The fourth-order valence-electron chi connectivity index (χ4n) is 3.02. The summed E-state index contributed by atoms with van der Waals surface area (Å²) in [6, 6.07) is 4.20. The van der Waals surface area contributed by atoms with Gasteiger partial charge >= 0.3 is 6.03 Å². The fourth-order valence-corrected chi connectivity index (χ4v) is 3.02. The normalized spacial score (nSPS) is 20.5. The van der Waals surface area contributed by atoms with Gasteiger partial charge in [0.2, 0.25) is 5.91 Å². The van der Waals surface area contributed by atoms with Crippen LogP contribution in [-0.2, 0) is 9.59 Å². The van der Waals surface area contributed by atoms with E-state index in [4.69, 9.17) is 0 Å². The molecule has 4 amide bonds. The number of rotatable bonds is 3. The molecular formula is C16H18N6O3. The number of imide groups is 1. The summed E-state index contributed by atoms with van der Waals surface area (Å²) in [5.41, 5.74) is 0.507. The second-order valence-corrected chi connectivity index (χ2v) is 5.93. The average Bonchev–Trinajstić information content (AvgIpc) is 2.80. The van der Waals surface area contributed by atoms with Gasteiger partial charge in [-0.25, -0.2) is 9.78 Å². The van der Waals surface area contributed by atoms with Gasteiger partial charge in [-0.1, -0.05) is 0 Å². The van der Waals surface area contributed by atoms with Crippen LogP contribution in [0.3, 0.4) is 0 Å². The molecule has 2 aliphatic rings. The first-order valence-electron chi connectivity index (χ1n) is 8.07. The molecule has 2 aliphatic heterocycles. The molecule has 25 heavy (non-hydrogen) atoms. The highest BCUT2D eigenvalue weighted by Crippen LogP contribution is 2.18. The molecule has 0 bridgehead atoms. The zero-order chi connectivity index (χ0) is 17.8. The Morgan fingerprint density at radius 3 is 2.88 bits per heavy atom. The third-order valence-corrected chi connectivity index (χ3v) is 4.29. The van der Waals surface area contributed by atoms with E-state index in [-0.39, 0.29) is 12.3 Å². The highest BCUT2D eigenvalue weighted by atomic mass is 16.2. The van der Waals surface area contributed by atoms with Crippen molar-refractivity contribution >= 4 is 23.7 Å².